The summed E-state index contributed by atoms with van der Waals surface area (Å²) in [7, 11) is 0. The van der Waals surface area contributed by atoms with Crippen LogP contribution in [-0.2, 0) is 28.6 Å². The van der Waals surface area contributed by atoms with E-state index in [-0.39, 0.29) is 31.6 Å². The average molecular weight is 837 g/mol. The average Bonchev–Trinajstić information content (AvgIpc) is 3.24. The summed E-state index contributed by atoms with van der Waals surface area (Å²) in [6.07, 6.45) is 60.4. The normalized spacial score (nSPS) is 12.7. The van der Waals surface area contributed by atoms with Crippen LogP contribution < -0.4 is 0 Å². The Balaban J connectivity index is 4.45. The van der Waals surface area contributed by atoms with E-state index in [9.17, 15) is 14.4 Å². The first kappa shape index (κ1) is 56.9. The van der Waals surface area contributed by atoms with E-state index in [0.29, 0.717) is 19.3 Å². The lowest BCUT2D eigenvalue weighted by atomic mass is 10.0. The molecule has 0 amide bonds. The first-order valence-electron chi connectivity index (χ1n) is 24.9. The number of esters is 3. The van der Waals surface area contributed by atoms with Crippen LogP contribution in [0.2, 0.25) is 0 Å². The molecule has 6 heteroatoms. The maximum Gasteiger partial charge on any atom is 0.306 e. The van der Waals surface area contributed by atoms with Crippen LogP contribution in [0.4, 0.5) is 0 Å². The van der Waals surface area contributed by atoms with Gasteiger partial charge < -0.3 is 14.2 Å². The molecule has 0 rings (SSSR count). The molecule has 0 aliphatic carbocycles. The molecule has 0 saturated carbocycles. The standard InChI is InChI=1S/C54H92O6/c1-4-7-10-13-16-19-22-25-26-27-30-32-35-38-41-44-47-53(56)59-50-51(60-54(57)48-45-42-39-36-33-29-24-21-18-15-12-9-6-3)49-58-52(55)46-43-40-37-34-31-28-23-20-17-14-11-8-5-2/h9,11-12,14,18,20-21,23,29,33,39,42,51H,4-8,10,13,15-17,19,22,24-28,30-32,34-38,40-41,43-50H2,1-3H3/b12-9-,14-11-,21-18-,23-20-,33-29-,42-39-. The van der Waals surface area contributed by atoms with E-state index >= 15 is 0 Å². The molecule has 0 aromatic carbocycles. The fourth-order valence-electron chi connectivity index (χ4n) is 6.73. The van der Waals surface area contributed by atoms with Gasteiger partial charge in [0.2, 0.25) is 0 Å². The number of hydrogen-bond donors (Lipinski definition) is 0. The van der Waals surface area contributed by atoms with Crippen molar-refractivity contribution in [1.82, 2.24) is 0 Å². The van der Waals surface area contributed by atoms with Crippen LogP contribution in [0.3, 0.4) is 0 Å². The van der Waals surface area contributed by atoms with Gasteiger partial charge in [0.15, 0.2) is 6.10 Å². The first-order valence-corrected chi connectivity index (χ1v) is 24.9. The number of allylic oxidation sites excluding steroid dienone is 12. The van der Waals surface area contributed by atoms with E-state index in [4.69, 9.17) is 14.2 Å². The Kier molecular flexibility index (Phi) is 46.0. The summed E-state index contributed by atoms with van der Waals surface area (Å²) >= 11 is 0. The minimum absolute atomic E-state index is 0.107. The fraction of sp³-hybridized carbons (Fsp3) is 0.722. The monoisotopic (exact) mass is 837 g/mol. The van der Waals surface area contributed by atoms with E-state index in [1.54, 1.807) is 0 Å². The number of rotatable bonds is 44. The second-order valence-corrected chi connectivity index (χ2v) is 16.3. The topological polar surface area (TPSA) is 78.9 Å². The Bertz CT molecular complexity index is 1140. The van der Waals surface area contributed by atoms with Crippen LogP contribution in [0.15, 0.2) is 72.9 Å². The van der Waals surface area contributed by atoms with Crippen LogP contribution in [0.5, 0.6) is 0 Å². The molecule has 0 heterocycles. The molecule has 0 aliphatic heterocycles. The summed E-state index contributed by atoms with van der Waals surface area (Å²) in [6.45, 7) is 6.38. The molecule has 0 aliphatic rings. The van der Waals surface area contributed by atoms with Crippen molar-refractivity contribution in [3.63, 3.8) is 0 Å². The van der Waals surface area contributed by atoms with E-state index < -0.39 is 12.1 Å². The molecule has 0 saturated heterocycles. The van der Waals surface area contributed by atoms with Gasteiger partial charge in [-0.1, -0.05) is 216 Å². The molecule has 0 radical (unpaired) electrons. The molecular weight excluding hydrogens is 745 g/mol. The highest BCUT2D eigenvalue weighted by Gasteiger charge is 2.19. The minimum atomic E-state index is -0.816. The van der Waals surface area contributed by atoms with Crippen LogP contribution in [0, 0.1) is 0 Å². The first-order chi connectivity index (χ1) is 29.5. The predicted octanol–water partition coefficient (Wildman–Crippen LogP) is 16.3. The Labute approximate surface area is 370 Å². The van der Waals surface area contributed by atoms with Crippen molar-refractivity contribution in [3.8, 4) is 0 Å². The van der Waals surface area contributed by atoms with Crippen LogP contribution in [0.25, 0.3) is 0 Å². The second kappa shape index (κ2) is 48.5. The number of ether oxygens (including phenoxy) is 3. The number of carbonyl (C=O) groups is 3. The molecule has 344 valence electrons. The maximum atomic E-state index is 12.7. The molecule has 1 unspecified atom stereocenters. The third-order valence-corrected chi connectivity index (χ3v) is 10.4. The van der Waals surface area contributed by atoms with E-state index in [1.807, 2.05) is 12.2 Å². The molecule has 0 aromatic heterocycles. The zero-order chi connectivity index (χ0) is 43.7. The lowest BCUT2D eigenvalue weighted by Gasteiger charge is -2.18. The van der Waals surface area contributed by atoms with E-state index in [0.717, 1.165) is 96.3 Å². The van der Waals surface area contributed by atoms with Gasteiger partial charge in [-0.15, -0.1) is 0 Å². The van der Waals surface area contributed by atoms with Crippen molar-refractivity contribution in [3.05, 3.63) is 72.9 Å². The van der Waals surface area contributed by atoms with E-state index in [2.05, 4.69) is 81.5 Å². The molecule has 0 spiro atoms. The molecular formula is C54H92O6. The van der Waals surface area contributed by atoms with Crippen molar-refractivity contribution in [2.75, 3.05) is 13.2 Å². The van der Waals surface area contributed by atoms with Crippen LogP contribution in [-0.4, -0.2) is 37.2 Å². The van der Waals surface area contributed by atoms with E-state index in [1.165, 1.54) is 89.9 Å². The van der Waals surface area contributed by atoms with Gasteiger partial charge in [0.25, 0.3) is 0 Å². The molecule has 0 bridgehead atoms. The van der Waals surface area contributed by atoms with Crippen LogP contribution in [0.1, 0.15) is 233 Å². The summed E-state index contributed by atoms with van der Waals surface area (Å²) in [5, 5.41) is 0. The van der Waals surface area contributed by atoms with Gasteiger partial charge in [-0.2, -0.15) is 0 Å². The SMILES string of the molecule is CC/C=C\C/C=C\C/C=C\C/C=C\CCC(=O)OC(COC(=O)CCCCCCC/C=C\C/C=C\CCC)COC(=O)CCCCCCCCCCCCCCCCCC. The lowest BCUT2D eigenvalue weighted by Crippen LogP contribution is -2.30. The minimum Gasteiger partial charge on any atom is -0.462 e. The lowest BCUT2D eigenvalue weighted by molar-refractivity contribution is -0.166. The number of unbranched alkanes of at least 4 members (excludes halogenated alkanes) is 21. The quantitative estimate of drug-likeness (QED) is 0.0263. The zero-order valence-corrected chi connectivity index (χ0v) is 39.2. The van der Waals surface area contributed by atoms with Gasteiger partial charge in [0.05, 0.1) is 0 Å². The summed E-state index contributed by atoms with van der Waals surface area (Å²) in [6, 6.07) is 0. The predicted molar refractivity (Wildman–Crippen MR) is 256 cm³/mol. The number of hydrogen-bond acceptors (Lipinski definition) is 6. The summed E-state index contributed by atoms with van der Waals surface area (Å²) in [4.78, 5) is 37.9. The molecule has 0 fully saturated rings. The summed E-state index contributed by atoms with van der Waals surface area (Å²) in [5.74, 6) is -1.00. The Morgan fingerprint density at radius 1 is 0.350 bits per heavy atom. The summed E-state index contributed by atoms with van der Waals surface area (Å²) in [5.41, 5.74) is 0. The van der Waals surface area contributed by atoms with Gasteiger partial charge in [-0.3, -0.25) is 14.4 Å². The van der Waals surface area contributed by atoms with Crippen molar-refractivity contribution in [2.45, 2.75) is 239 Å². The fourth-order valence-corrected chi connectivity index (χ4v) is 6.73. The smallest absolute Gasteiger partial charge is 0.306 e. The summed E-state index contributed by atoms with van der Waals surface area (Å²) < 4.78 is 16.7. The Hall–Kier alpha value is -3.15. The molecule has 6 nitrogen and oxygen atoms in total. The molecule has 0 aromatic rings. The van der Waals surface area contributed by atoms with Crippen molar-refractivity contribution in [2.24, 2.45) is 0 Å². The van der Waals surface area contributed by atoms with Gasteiger partial charge in [-0.25, -0.2) is 0 Å². The highest BCUT2D eigenvalue weighted by molar-refractivity contribution is 5.71. The molecule has 1 atom stereocenters. The highest BCUT2D eigenvalue weighted by Crippen LogP contribution is 2.15. The second-order valence-electron chi connectivity index (χ2n) is 16.3. The van der Waals surface area contributed by atoms with Crippen molar-refractivity contribution < 1.29 is 28.6 Å². The largest absolute Gasteiger partial charge is 0.462 e. The molecule has 0 N–H and O–H groups in total. The van der Waals surface area contributed by atoms with Crippen LogP contribution >= 0.6 is 0 Å². The van der Waals surface area contributed by atoms with Crippen molar-refractivity contribution >= 4 is 17.9 Å². The Morgan fingerprint density at radius 3 is 1.15 bits per heavy atom. The van der Waals surface area contributed by atoms with Crippen molar-refractivity contribution in [1.29, 1.82) is 0 Å². The van der Waals surface area contributed by atoms with Gasteiger partial charge in [-0.05, 0) is 70.6 Å². The molecule has 60 heavy (non-hydrogen) atoms. The number of carbonyl (C=O) groups excluding carboxylic acids is 3. The Morgan fingerprint density at radius 2 is 0.717 bits per heavy atom. The maximum absolute atomic E-state index is 12.7. The van der Waals surface area contributed by atoms with Gasteiger partial charge >= 0.3 is 17.9 Å². The zero-order valence-electron chi connectivity index (χ0n) is 39.2. The highest BCUT2D eigenvalue weighted by atomic mass is 16.6. The third-order valence-electron chi connectivity index (χ3n) is 10.4. The van der Waals surface area contributed by atoms with Gasteiger partial charge in [0, 0.05) is 19.3 Å². The third kappa shape index (κ3) is 45.9. The van der Waals surface area contributed by atoms with Gasteiger partial charge in [0.1, 0.15) is 13.2 Å².